The van der Waals surface area contributed by atoms with Crippen LogP contribution in [-0.4, -0.2) is 23.0 Å². The molecule has 1 fully saturated rings. The number of pyridine rings is 1. The van der Waals surface area contributed by atoms with Crippen LogP contribution < -0.4 is 5.73 Å². The Morgan fingerprint density at radius 1 is 1.12 bits per heavy atom. The van der Waals surface area contributed by atoms with E-state index in [-0.39, 0.29) is 0 Å². The van der Waals surface area contributed by atoms with E-state index in [4.69, 9.17) is 5.73 Å². The van der Waals surface area contributed by atoms with E-state index >= 15 is 0 Å². The average molecular weight is 219 g/mol. The number of aromatic nitrogens is 1. The smallest absolute Gasteiger partial charge is 0.123 e. The Morgan fingerprint density at radius 3 is 2.50 bits per heavy atom. The number of likely N-dealkylation sites (tertiary alicyclic amines) is 1. The molecule has 0 amide bonds. The van der Waals surface area contributed by atoms with Gasteiger partial charge in [0, 0.05) is 12.7 Å². The van der Waals surface area contributed by atoms with Crippen LogP contribution in [0.1, 0.15) is 37.7 Å². The van der Waals surface area contributed by atoms with Crippen molar-refractivity contribution in [2.45, 2.75) is 38.6 Å². The van der Waals surface area contributed by atoms with Crippen LogP contribution in [-0.2, 0) is 6.54 Å². The van der Waals surface area contributed by atoms with E-state index < -0.39 is 0 Å². The van der Waals surface area contributed by atoms with Gasteiger partial charge in [0.2, 0.25) is 0 Å². The standard InChI is InChI=1S/C13H21N3/c14-13-10-12(6-7-15-13)11-16-8-4-2-1-3-5-9-16/h6-7,10H,1-5,8-9,11H2,(H2,14,15). The van der Waals surface area contributed by atoms with E-state index in [9.17, 15) is 0 Å². The first-order chi connectivity index (χ1) is 7.84. The third-order valence-electron chi connectivity index (χ3n) is 3.20. The Morgan fingerprint density at radius 2 is 1.81 bits per heavy atom. The van der Waals surface area contributed by atoms with E-state index in [0.717, 1.165) is 6.54 Å². The Labute approximate surface area is 97.7 Å². The van der Waals surface area contributed by atoms with Gasteiger partial charge in [-0.25, -0.2) is 4.98 Å². The molecule has 1 saturated heterocycles. The van der Waals surface area contributed by atoms with Gasteiger partial charge in [-0.1, -0.05) is 19.3 Å². The fraction of sp³-hybridized carbons (Fsp3) is 0.615. The zero-order chi connectivity index (χ0) is 11.2. The number of anilines is 1. The Kier molecular flexibility index (Phi) is 4.17. The molecule has 3 heteroatoms. The van der Waals surface area contributed by atoms with Crippen LogP contribution in [0.3, 0.4) is 0 Å². The van der Waals surface area contributed by atoms with Gasteiger partial charge in [-0.2, -0.15) is 0 Å². The van der Waals surface area contributed by atoms with Crippen LogP contribution in [0.2, 0.25) is 0 Å². The second-order valence-electron chi connectivity index (χ2n) is 4.63. The molecule has 1 aliphatic rings. The molecule has 2 rings (SSSR count). The highest BCUT2D eigenvalue weighted by molar-refractivity contribution is 5.31. The van der Waals surface area contributed by atoms with Gasteiger partial charge >= 0.3 is 0 Å². The van der Waals surface area contributed by atoms with Crippen LogP contribution in [0, 0.1) is 0 Å². The summed E-state index contributed by atoms with van der Waals surface area (Å²) in [6, 6.07) is 4.05. The third-order valence-corrected chi connectivity index (χ3v) is 3.20. The molecule has 16 heavy (non-hydrogen) atoms. The molecule has 1 aliphatic heterocycles. The van der Waals surface area contributed by atoms with Crippen molar-refractivity contribution in [2.75, 3.05) is 18.8 Å². The topological polar surface area (TPSA) is 42.1 Å². The number of hydrogen-bond donors (Lipinski definition) is 1. The number of rotatable bonds is 2. The summed E-state index contributed by atoms with van der Waals surface area (Å²) in [7, 11) is 0. The largest absolute Gasteiger partial charge is 0.384 e. The molecule has 0 unspecified atom stereocenters. The summed E-state index contributed by atoms with van der Waals surface area (Å²) in [5.41, 5.74) is 6.98. The molecule has 2 heterocycles. The lowest BCUT2D eigenvalue weighted by atomic mass is 10.1. The number of hydrogen-bond acceptors (Lipinski definition) is 3. The number of nitrogen functional groups attached to an aromatic ring is 1. The molecule has 2 N–H and O–H groups in total. The molecule has 3 nitrogen and oxygen atoms in total. The highest BCUT2D eigenvalue weighted by Crippen LogP contribution is 2.13. The molecule has 0 spiro atoms. The maximum Gasteiger partial charge on any atom is 0.123 e. The molecule has 0 aliphatic carbocycles. The van der Waals surface area contributed by atoms with Crippen LogP contribution in [0.5, 0.6) is 0 Å². The summed E-state index contributed by atoms with van der Waals surface area (Å²) in [5, 5.41) is 0. The zero-order valence-electron chi connectivity index (χ0n) is 9.86. The molecule has 1 aromatic heterocycles. The summed E-state index contributed by atoms with van der Waals surface area (Å²) in [5.74, 6) is 0.629. The van der Waals surface area contributed by atoms with Crippen LogP contribution in [0.15, 0.2) is 18.3 Å². The van der Waals surface area contributed by atoms with E-state index in [2.05, 4.69) is 16.0 Å². The van der Waals surface area contributed by atoms with Crippen molar-refractivity contribution < 1.29 is 0 Å². The van der Waals surface area contributed by atoms with Gasteiger partial charge in [0.25, 0.3) is 0 Å². The molecular weight excluding hydrogens is 198 g/mol. The quantitative estimate of drug-likeness (QED) is 0.830. The van der Waals surface area contributed by atoms with E-state index in [1.54, 1.807) is 6.20 Å². The second kappa shape index (κ2) is 5.85. The summed E-state index contributed by atoms with van der Waals surface area (Å²) in [4.78, 5) is 6.56. The second-order valence-corrected chi connectivity index (χ2v) is 4.63. The lowest BCUT2D eigenvalue weighted by Gasteiger charge is -2.24. The van der Waals surface area contributed by atoms with E-state index in [1.807, 2.05) is 6.07 Å². The van der Waals surface area contributed by atoms with Crippen molar-refractivity contribution >= 4 is 5.82 Å². The van der Waals surface area contributed by atoms with Crippen LogP contribution in [0.25, 0.3) is 0 Å². The molecule has 88 valence electrons. The van der Waals surface area contributed by atoms with Gasteiger partial charge in [-0.15, -0.1) is 0 Å². The van der Waals surface area contributed by atoms with Crippen molar-refractivity contribution in [3.63, 3.8) is 0 Å². The highest BCUT2D eigenvalue weighted by Gasteiger charge is 2.08. The first kappa shape index (κ1) is 11.4. The minimum Gasteiger partial charge on any atom is -0.384 e. The summed E-state index contributed by atoms with van der Waals surface area (Å²) in [6.07, 6.45) is 8.65. The molecule has 0 atom stereocenters. The van der Waals surface area contributed by atoms with Gasteiger partial charge in [0.1, 0.15) is 5.82 Å². The lowest BCUT2D eigenvalue weighted by molar-refractivity contribution is 0.240. The van der Waals surface area contributed by atoms with Crippen molar-refractivity contribution in [1.82, 2.24) is 9.88 Å². The zero-order valence-corrected chi connectivity index (χ0v) is 9.86. The predicted molar refractivity (Wildman–Crippen MR) is 67.0 cm³/mol. The summed E-state index contributed by atoms with van der Waals surface area (Å²) in [6.45, 7) is 3.47. The van der Waals surface area contributed by atoms with Crippen molar-refractivity contribution in [3.05, 3.63) is 23.9 Å². The van der Waals surface area contributed by atoms with Gasteiger partial charge in [-0.05, 0) is 43.6 Å². The van der Waals surface area contributed by atoms with Gasteiger partial charge in [0.15, 0.2) is 0 Å². The fourth-order valence-corrected chi connectivity index (χ4v) is 2.32. The first-order valence-electron chi connectivity index (χ1n) is 6.27. The third kappa shape index (κ3) is 3.49. The van der Waals surface area contributed by atoms with Gasteiger partial charge in [-0.3, -0.25) is 4.90 Å². The molecule has 0 bridgehead atoms. The molecule has 1 aromatic rings. The minimum atomic E-state index is 0.629. The van der Waals surface area contributed by atoms with Crippen LogP contribution in [0.4, 0.5) is 5.82 Å². The SMILES string of the molecule is Nc1cc(CN2CCCCCCC2)ccn1. The molecule has 0 saturated carbocycles. The summed E-state index contributed by atoms with van der Waals surface area (Å²) < 4.78 is 0. The normalized spacial score (nSPS) is 19.0. The molecule has 0 radical (unpaired) electrons. The van der Waals surface area contributed by atoms with Crippen molar-refractivity contribution in [2.24, 2.45) is 0 Å². The molecule has 0 aromatic carbocycles. The van der Waals surface area contributed by atoms with E-state index in [1.165, 1.54) is 50.8 Å². The van der Waals surface area contributed by atoms with Gasteiger partial charge < -0.3 is 5.73 Å². The Hall–Kier alpha value is -1.09. The van der Waals surface area contributed by atoms with Crippen molar-refractivity contribution in [3.8, 4) is 0 Å². The van der Waals surface area contributed by atoms with Crippen LogP contribution >= 0.6 is 0 Å². The Bertz CT molecular complexity index is 317. The molecular formula is C13H21N3. The summed E-state index contributed by atoms with van der Waals surface area (Å²) >= 11 is 0. The lowest BCUT2D eigenvalue weighted by Crippen LogP contribution is -2.26. The Balaban J connectivity index is 1.91. The maximum atomic E-state index is 5.69. The highest BCUT2D eigenvalue weighted by atomic mass is 15.1. The fourth-order valence-electron chi connectivity index (χ4n) is 2.32. The number of nitrogens with zero attached hydrogens (tertiary/aromatic N) is 2. The monoisotopic (exact) mass is 219 g/mol. The average Bonchev–Trinajstić information content (AvgIpc) is 2.22. The predicted octanol–water partition coefficient (Wildman–Crippen LogP) is 2.43. The first-order valence-corrected chi connectivity index (χ1v) is 6.27. The van der Waals surface area contributed by atoms with Gasteiger partial charge in [0.05, 0.1) is 0 Å². The van der Waals surface area contributed by atoms with E-state index in [0.29, 0.717) is 5.82 Å². The minimum absolute atomic E-state index is 0.629. The number of nitrogens with two attached hydrogens (primary N) is 1. The maximum absolute atomic E-state index is 5.69. The van der Waals surface area contributed by atoms with Crippen molar-refractivity contribution in [1.29, 1.82) is 0 Å².